The van der Waals surface area contributed by atoms with Gasteiger partial charge in [-0.05, 0) is 27.3 Å². The first-order chi connectivity index (χ1) is 6.44. The van der Waals surface area contributed by atoms with Gasteiger partial charge in [-0.1, -0.05) is 13.3 Å². The van der Waals surface area contributed by atoms with Crippen molar-refractivity contribution in [3.05, 3.63) is 0 Å². The Labute approximate surface area is 86.1 Å². The molecule has 0 fully saturated rings. The Morgan fingerprint density at radius 2 is 2.07 bits per heavy atom. The van der Waals surface area contributed by atoms with Crippen molar-refractivity contribution >= 4 is 5.91 Å². The molecule has 1 unspecified atom stereocenters. The van der Waals surface area contributed by atoms with Gasteiger partial charge in [-0.2, -0.15) is 0 Å². The highest BCUT2D eigenvalue weighted by atomic mass is 16.3. The maximum atomic E-state index is 11.5. The number of aliphatic hydroxyl groups excluding tert-OH is 1. The van der Waals surface area contributed by atoms with Crippen LogP contribution in [0.5, 0.6) is 0 Å². The summed E-state index contributed by atoms with van der Waals surface area (Å²) in [5.41, 5.74) is -0.577. The molecule has 0 aromatic rings. The summed E-state index contributed by atoms with van der Waals surface area (Å²) in [6.07, 6.45) is 1.21. The van der Waals surface area contributed by atoms with Crippen LogP contribution in [-0.4, -0.2) is 36.2 Å². The summed E-state index contributed by atoms with van der Waals surface area (Å²) in [6.45, 7) is 5.93. The molecule has 0 radical (unpaired) electrons. The summed E-state index contributed by atoms with van der Waals surface area (Å²) >= 11 is 0. The largest absolute Gasteiger partial charge is 0.391 e. The van der Waals surface area contributed by atoms with Gasteiger partial charge >= 0.3 is 0 Å². The third-order valence-corrected chi connectivity index (χ3v) is 2.31. The first-order valence-electron chi connectivity index (χ1n) is 5.09. The SMILES string of the molecule is CCCC(O)CNC(=O)C(C)(C)NC. The number of hydrogen-bond donors (Lipinski definition) is 3. The second-order valence-electron chi connectivity index (χ2n) is 4.03. The Kier molecular flexibility index (Phi) is 5.72. The van der Waals surface area contributed by atoms with E-state index in [4.69, 9.17) is 0 Å². The Morgan fingerprint density at radius 3 is 2.50 bits per heavy atom. The number of aliphatic hydroxyl groups is 1. The zero-order valence-corrected chi connectivity index (χ0v) is 9.55. The summed E-state index contributed by atoms with van der Waals surface area (Å²) in [6, 6.07) is 0. The van der Waals surface area contributed by atoms with E-state index < -0.39 is 11.6 Å². The number of carbonyl (C=O) groups excluding carboxylic acids is 1. The van der Waals surface area contributed by atoms with Crippen LogP contribution in [0, 0.1) is 0 Å². The number of nitrogens with one attached hydrogen (secondary N) is 2. The predicted molar refractivity (Wildman–Crippen MR) is 57.1 cm³/mol. The van der Waals surface area contributed by atoms with Crippen LogP contribution in [0.3, 0.4) is 0 Å². The molecule has 4 nitrogen and oxygen atoms in total. The smallest absolute Gasteiger partial charge is 0.239 e. The molecule has 0 saturated heterocycles. The van der Waals surface area contributed by atoms with Gasteiger partial charge in [-0.15, -0.1) is 0 Å². The first kappa shape index (κ1) is 13.4. The van der Waals surface area contributed by atoms with Crippen LogP contribution in [0.1, 0.15) is 33.6 Å². The lowest BCUT2D eigenvalue weighted by Gasteiger charge is -2.23. The second kappa shape index (κ2) is 5.98. The first-order valence-corrected chi connectivity index (χ1v) is 5.09. The van der Waals surface area contributed by atoms with Crippen LogP contribution in [0.2, 0.25) is 0 Å². The molecule has 0 aliphatic rings. The molecule has 0 heterocycles. The van der Waals surface area contributed by atoms with Gasteiger partial charge in [0.15, 0.2) is 0 Å². The lowest BCUT2D eigenvalue weighted by molar-refractivity contribution is -0.126. The monoisotopic (exact) mass is 202 g/mol. The summed E-state index contributed by atoms with van der Waals surface area (Å²) in [7, 11) is 1.74. The molecule has 0 aliphatic carbocycles. The average molecular weight is 202 g/mol. The van der Waals surface area contributed by atoms with Crippen molar-refractivity contribution in [3.8, 4) is 0 Å². The van der Waals surface area contributed by atoms with Gasteiger partial charge in [0.25, 0.3) is 0 Å². The van der Waals surface area contributed by atoms with Gasteiger partial charge in [0.05, 0.1) is 11.6 Å². The molecular weight excluding hydrogens is 180 g/mol. The molecule has 0 saturated carbocycles. The molecule has 1 atom stereocenters. The van der Waals surface area contributed by atoms with E-state index in [2.05, 4.69) is 10.6 Å². The molecular formula is C10H22N2O2. The normalized spacial score (nSPS) is 13.8. The van der Waals surface area contributed by atoms with Gasteiger partial charge < -0.3 is 15.7 Å². The maximum Gasteiger partial charge on any atom is 0.239 e. The Morgan fingerprint density at radius 1 is 1.50 bits per heavy atom. The van der Waals surface area contributed by atoms with E-state index in [1.807, 2.05) is 6.92 Å². The van der Waals surface area contributed by atoms with Gasteiger partial charge in [-0.3, -0.25) is 4.79 Å². The van der Waals surface area contributed by atoms with Crippen LogP contribution in [0.4, 0.5) is 0 Å². The minimum atomic E-state index is -0.577. The van der Waals surface area contributed by atoms with Crippen molar-refractivity contribution in [3.63, 3.8) is 0 Å². The van der Waals surface area contributed by atoms with E-state index in [0.29, 0.717) is 6.54 Å². The molecule has 14 heavy (non-hydrogen) atoms. The molecule has 3 N–H and O–H groups in total. The van der Waals surface area contributed by atoms with Crippen LogP contribution in [0.15, 0.2) is 0 Å². The number of likely N-dealkylation sites (N-methyl/N-ethyl adjacent to an activating group) is 1. The zero-order chi connectivity index (χ0) is 11.2. The Bertz CT molecular complexity index is 181. The summed E-state index contributed by atoms with van der Waals surface area (Å²) < 4.78 is 0. The van der Waals surface area contributed by atoms with Gasteiger partial charge in [0, 0.05) is 6.54 Å². The maximum absolute atomic E-state index is 11.5. The van der Waals surface area contributed by atoms with Crippen molar-refractivity contribution in [2.24, 2.45) is 0 Å². The van der Waals surface area contributed by atoms with Gasteiger partial charge in [0.2, 0.25) is 5.91 Å². The molecule has 0 rings (SSSR count). The molecule has 0 aromatic heterocycles. The third-order valence-electron chi connectivity index (χ3n) is 2.31. The van der Waals surface area contributed by atoms with Crippen molar-refractivity contribution in [1.82, 2.24) is 10.6 Å². The fourth-order valence-corrected chi connectivity index (χ4v) is 0.980. The molecule has 0 aliphatic heterocycles. The zero-order valence-electron chi connectivity index (χ0n) is 9.55. The number of hydrogen-bond acceptors (Lipinski definition) is 3. The van der Waals surface area contributed by atoms with Crippen LogP contribution in [-0.2, 0) is 4.79 Å². The minimum absolute atomic E-state index is 0.0878. The van der Waals surface area contributed by atoms with E-state index in [1.54, 1.807) is 20.9 Å². The summed E-state index contributed by atoms with van der Waals surface area (Å²) in [5, 5.41) is 15.0. The van der Waals surface area contributed by atoms with E-state index in [0.717, 1.165) is 12.8 Å². The van der Waals surface area contributed by atoms with E-state index in [-0.39, 0.29) is 5.91 Å². The molecule has 0 bridgehead atoms. The lowest BCUT2D eigenvalue weighted by Crippen LogP contribution is -2.52. The third kappa shape index (κ3) is 4.58. The Balaban J connectivity index is 3.85. The van der Waals surface area contributed by atoms with E-state index >= 15 is 0 Å². The van der Waals surface area contributed by atoms with E-state index in [9.17, 15) is 9.90 Å². The van der Waals surface area contributed by atoms with Crippen LogP contribution < -0.4 is 10.6 Å². The molecule has 0 aromatic carbocycles. The fraction of sp³-hybridized carbons (Fsp3) is 0.900. The highest BCUT2D eigenvalue weighted by molar-refractivity contribution is 5.85. The molecule has 4 heteroatoms. The summed E-state index contributed by atoms with van der Waals surface area (Å²) in [4.78, 5) is 11.5. The second-order valence-corrected chi connectivity index (χ2v) is 4.03. The minimum Gasteiger partial charge on any atom is -0.391 e. The molecule has 84 valence electrons. The van der Waals surface area contributed by atoms with E-state index in [1.165, 1.54) is 0 Å². The van der Waals surface area contributed by atoms with Crippen LogP contribution >= 0.6 is 0 Å². The number of rotatable bonds is 6. The average Bonchev–Trinajstić information content (AvgIpc) is 2.14. The summed E-state index contributed by atoms with van der Waals surface area (Å²) in [5.74, 6) is -0.0878. The molecule has 0 spiro atoms. The Hall–Kier alpha value is -0.610. The van der Waals surface area contributed by atoms with Crippen molar-refractivity contribution in [1.29, 1.82) is 0 Å². The highest BCUT2D eigenvalue weighted by Crippen LogP contribution is 2.01. The fourth-order valence-electron chi connectivity index (χ4n) is 0.980. The van der Waals surface area contributed by atoms with Crippen molar-refractivity contribution in [2.75, 3.05) is 13.6 Å². The quantitative estimate of drug-likeness (QED) is 0.579. The van der Waals surface area contributed by atoms with Gasteiger partial charge in [-0.25, -0.2) is 0 Å². The standard InChI is InChI=1S/C10H22N2O2/c1-5-6-8(13)7-12-9(14)10(2,3)11-4/h8,11,13H,5-7H2,1-4H3,(H,12,14). The lowest BCUT2D eigenvalue weighted by atomic mass is 10.1. The van der Waals surface area contributed by atoms with Crippen LogP contribution in [0.25, 0.3) is 0 Å². The topological polar surface area (TPSA) is 61.4 Å². The van der Waals surface area contributed by atoms with Crippen molar-refractivity contribution < 1.29 is 9.90 Å². The number of carbonyl (C=O) groups is 1. The van der Waals surface area contributed by atoms with Crippen molar-refractivity contribution in [2.45, 2.75) is 45.3 Å². The number of amides is 1. The van der Waals surface area contributed by atoms with Gasteiger partial charge in [0.1, 0.15) is 0 Å². The molecule has 1 amide bonds. The highest BCUT2D eigenvalue weighted by Gasteiger charge is 2.24. The predicted octanol–water partition coefficient (Wildman–Crippen LogP) is 0.262.